The minimum atomic E-state index is -0.510. The Hall–Kier alpha value is -1.92. The van der Waals surface area contributed by atoms with Gasteiger partial charge in [0.15, 0.2) is 0 Å². The van der Waals surface area contributed by atoms with E-state index in [1.807, 2.05) is 0 Å². The van der Waals surface area contributed by atoms with Crippen LogP contribution in [0, 0.1) is 17.0 Å². The molecule has 2 N–H and O–H groups in total. The molecule has 0 bridgehead atoms. The van der Waals surface area contributed by atoms with Gasteiger partial charge in [0.05, 0.1) is 4.92 Å². The first-order chi connectivity index (χ1) is 6.43. The number of aryl methyl sites for hydroxylation is 1. The number of nitrogens with two attached hydrogens (primary N) is 1. The molecule has 1 aromatic heterocycles. The molecule has 0 unspecified atom stereocenters. The van der Waals surface area contributed by atoms with Crippen LogP contribution in [0.2, 0.25) is 0 Å². The lowest BCUT2D eigenvalue weighted by Gasteiger charge is -2.12. The van der Waals surface area contributed by atoms with Gasteiger partial charge in [-0.3, -0.25) is 10.1 Å². The first-order valence-corrected chi connectivity index (χ1v) is 3.89. The number of anilines is 2. The molecule has 0 aliphatic carbocycles. The minimum Gasteiger partial charge on any atom is -0.368 e. The van der Waals surface area contributed by atoms with Crippen LogP contribution in [0.5, 0.6) is 0 Å². The fourth-order valence-electron chi connectivity index (χ4n) is 1.10. The Labute approximate surface area is 80.7 Å². The van der Waals surface area contributed by atoms with Crippen molar-refractivity contribution in [2.75, 3.05) is 24.7 Å². The van der Waals surface area contributed by atoms with Crippen molar-refractivity contribution in [3.8, 4) is 0 Å². The van der Waals surface area contributed by atoms with E-state index in [-0.39, 0.29) is 23.1 Å². The van der Waals surface area contributed by atoms with Crippen molar-refractivity contribution in [3.63, 3.8) is 0 Å². The van der Waals surface area contributed by atoms with Crippen molar-refractivity contribution in [2.24, 2.45) is 0 Å². The van der Waals surface area contributed by atoms with Gasteiger partial charge in [0.1, 0.15) is 5.69 Å². The minimum absolute atomic E-state index is 0.0387. The molecule has 0 aromatic carbocycles. The molecule has 0 saturated carbocycles. The van der Waals surface area contributed by atoms with Gasteiger partial charge in [-0.25, -0.2) is 4.98 Å². The number of aromatic nitrogens is 2. The summed E-state index contributed by atoms with van der Waals surface area (Å²) >= 11 is 0. The van der Waals surface area contributed by atoms with E-state index in [1.54, 1.807) is 14.1 Å². The third kappa shape index (κ3) is 1.70. The highest BCUT2D eigenvalue weighted by Gasteiger charge is 2.22. The lowest BCUT2D eigenvalue weighted by molar-refractivity contribution is -0.385. The van der Waals surface area contributed by atoms with E-state index in [4.69, 9.17) is 5.73 Å². The van der Waals surface area contributed by atoms with Crippen molar-refractivity contribution >= 4 is 17.5 Å². The molecule has 1 aromatic rings. The Morgan fingerprint density at radius 2 is 2.00 bits per heavy atom. The SMILES string of the molecule is Cc1nc(N)nc(N(C)C)c1[N+](=O)[O-]. The Balaban J connectivity index is 3.44. The van der Waals surface area contributed by atoms with E-state index in [9.17, 15) is 10.1 Å². The van der Waals surface area contributed by atoms with Crippen LogP contribution < -0.4 is 10.6 Å². The molecule has 1 heterocycles. The van der Waals surface area contributed by atoms with Crippen LogP contribution in [0.4, 0.5) is 17.5 Å². The number of nitro groups is 1. The molecule has 0 saturated heterocycles. The number of hydrogen-bond acceptors (Lipinski definition) is 6. The van der Waals surface area contributed by atoms with Gasteiger partial charge in [0, 0.05) is 14.1 Å². The smallest absolute Gasteiger partial charge is 0.332 e. The average Bonchev–Trinajstić information content (AvgIpc) is 2.01. The topological polar surface area (TPSA) is 98.2 Å². The summed E-state index contributed by atoms with van der Waals surface area (Å²) in [6.07, 6.45) is 0. The Bertz CT molecular complexity index is 377. The monoisotopic (exact) mass is 197 g/mol. The van der Waals surface area contributed by atoms with Crippen LogP contribution in [0.15, 0.2) is 0 Å². The molecular formula is C7H11N5O2. The molecule has 76 valence electrons. The predicted molar refractivity (Wildman–Crippen MR) is 52.2 cm³/mol. The third-order valence-corrected chi connectivity index (χ3v) is 1.66. The summed E-state index contributed by atoms with van der Waals surface area (Å²) in [6.45, 7) is 1.53. The molecule has 7 nitrogen and oxygen atoms in total. The second kappa shape index (κ2) is 3.44. The van der Waals surface area contributed by atoms with E-state index < -0.39 is 4.92 Å². The van der Waals surface area contributed by atoms with E-state index in [2.05, 4.69) is 9.97 Å². The Morgan fingerprint density at radius 3 is 2.43 bits per heavy atom. The maximum Gasteiger partial charge on any atom is 0.332 e. The van der Waals surface area contributed by atoms with Crippen molar-refractivity contribution in [1.29, 1.82) is 0 Å². The molecular weight excluding hydrogens is 186 g/mol. The number of nitrogens with zero attached hydrogens (tertiary/aromatic N) is 4. The number of hydrogen-bond donors (Lipinski definition) is 1. The summed E-state index contributed by atoms with van der Waals surface area (Å²) in [5.74, 6) is 0.261. The van der Waals surface area contributed by atoms with E-state index in [1.165, 1.54) is 11.8 Å². The quantitative estimate of drug-likeness (QED) is 0.542. The highest BCUT2D eigenvalue weighted by Crippen LogP contribution is 2.27. The van der Waals surface area contributed by atoms with Crippen LogP contribution in [0.25, 0.3) is 0 Å². The van der Waals surface area contributed by atoms with Crippen molar-refractivity contribution in [1.82, 2.24) is 9.97 Å². The maximum absolute atomic E-state index is 10.7. The average molecular weight is 197 g/mol. The summed E-state index contributed by atoms with van der Waals surface area (Å²) in [5.41, 5.74) is 5.56. The fourth-order valence-corrected chi connectivity index (χ4v) is 1.10. The molecule has 0 aliphatic rings. The van der Waals surface area contributed by atoms with Crippen molar-refractivity contribution in [3.05, 3.63) is 15.8 Å². The first-order valence-electron chi connectivity index (χ1n) is 3.89. The molecule has 14 heavy (non-hydrogen) atoms. The second-order valence-electron chi connectivity index (χ2n) is 2.99. The van der Waals surface area contributed by atoms with Gasteiger partial charge in [-0.05, 0) is 6.92 Å². The van der Waals surface area contributed by atoms with Gasteiger partial charge in [0.25, 0.3) is 0 Å². The van der Waals surface area contributed by atoms with Crippen molar-refractivity contribution in [2.45, 2.75) is 6.92 Å². The van der Waals surface area contributed by atoms with E-state index >= 15 is 0 Å². The van der Waals surface area contributed by atoms with Crippen LogP contribution in [0.3, 0.4) is 0 Å². The fraction of sp³-hybridized carbons (Fsp3) is 0.429. The highest BCUT2D eigenvalue weighted by atomic mass is 16.6. The summed E-state index contributed by atoms with van der Waals surface area (Å²) in [4.78, 5) is 19.3. The van der Waals surface area contributed by atoms with Gasteiger partial charge in [0.2, 0.25) is 11.8 Å². The van der Waals surface area contributed by atoms with Gasteiger partial charge in [-0.1, -0.05) is 0 Å². The van der Waals surface area contributed by atoms with Gasteiger partial charge in [-0.15, -0.1) is 0 Å². The number of rotatable bonds is 2. The summed E-state index contributed by atoms with van der Waals surface area (Å²) < 4.78 is 0. The number of nitrogen functional groups attached to an aromatic ring is 1. The Morgan fingerprint density at radius 1 is 1.43 bits per heavy atom. The lowest BCUT2D eigenvalue weighted by Crippen LogP contribution is -2.15. The van der Waals surface area contributed by atoms with Crippen LogP contribution >= 0.6 is 0 Å². The molecule has 1 rings (SSSR count). The zero-order chi connectivity index (χ0) is 10.9. The lowest BCUT2D eigenvalue weighted by atomic mass is 10.3. The van der Waals surface area contributed by atoms with Crippen molar-refractivity contribution < 1.29 is 4.92 Å². The van der Waals surface area contributed by atoms with Gasteiger partial charge in [-0.2, -0.15) is 4.98 Å². The molecule has 0 radical (unpaired) electrons. The molecule has 0 atom stereocenters. The van der Waals surface area contributed by atoms with Gasteiger partial charge >= 0.3 is 5.69 Å². The molecule has 0 amide bonds. The summed E-state index contributed by atoms with van der Waals surface area (Å²) in [6, 6.07) is 0. The zero-order valence-electron chi connectivity index (χ0n) is 8.18. The molecule has 0 aliphatic heterocycles. The second-order valence-corrected chi connectivity index (χ2v) is 2.99. The van der Waals surface area contributed by atoms with Crippen LogP contribution in [0.1, 0.15) is 5.69 Å². The van der Waals surface area contributed by atoms with Crippen LogP contribution in [-0.4, -0.2) is 29.0 Å². The predicted octanol–water partition coefficient (Wildman–Crippen LogP) is 0.341. The first kappa shape index (κ1) is 10.2. The van der Waals surface area contributed by atoms with E-state index in [0.717, 1.165) is 0 Å². The summed E-state index contributed by atoms with van der Waals surface area (Å²) in [7, 11) is 3.32. The van der Waals surface area contributed by atoms with Gasteiger partial charge < -0.3 is 10.6 Å². The zero-order valence-corrected chi connectivity index (χ0v) is 8.18. The van der Waals surface area contributed by atoms with Crippen LogP contribution in [-0.2, 0) is 0 Å². The standard InChI is InChI=1S/C7H11N5O2/c1-4-5(12(13)14)6(11(2)3)10-7(8)9-4/h1-3H3,(H2,8,9,10). The largest absolute Gasteiger partial charge is 0.368 e. The molecule has 0 fully saturated rings. The van der Waals surface area contributed by atoms with E-state index in [0.29, 0.717) is 0 Å². The molecule has 0 spiro atoms. The maximum atomic E-state index is 10.7. The Kier molecular flexibility index (Phi) is 2.50. The molecule has 7 heteroatoms. The summed E-state index contributed by atoms with van der Waals surface area (Å²) in [5, 5.41) is 10.7. The normalized spacial score (nSPS) is 9.93. The third-order valence-electron chi connectivity index (χ3n) is 1.66. The highest BCUT2D eigenvalue weighted by molar-refractivity contribution is 5.61.